The topological polar surface area (TPSA) is 72.1 Å². The maximum Gasteiger partial charge on any atom is 0.417 e. The van der Waals surface area contributed by atoms with Crippen molar-refractivity contribution < 1.29 is 22.5 Å². The minimum atomic E-state index is -4.52. The van der Waals surface area contributed by atoms with Gasteiger partial charge < -0.3 is 9.42 Å². The largest absolute Gasteiger partial charge is 0.417 e. The predicted octanol–water partition coefficient (Wildman–Crippen LogP) is 3.96. The zero-order valence-electron chi connectivity index (χ0n) is 15.0. The lowest BCUT2D eigenvalue weighted by atomic mass is 9.91. The second-order valence-electron chi connectivity index (χ2n) is 6.85. The van der Waals surface area contributed by atoms with Crippen molar-refractivity contribution >= 4 is 17.0 Å². The van der Waals surface area contributed by atoms with E-state index in [1.54, 1.807) is 23.2 Å². The summed E-state index contributed by atoms with van der Waals surface area (Å²) in [5.74, 6) is -0.314. The van der Waals surface area contributed by atoms with Gasteiger partial charge in [0.25, 0.3) is 11.6 Å². The third-order valence-corrected chi connectivity index (χ3v) is 5.05. The molecule has 0 aliphatic carbocycles. The fraction of sp³-hybridized carbons (Fsp3) is 0.368. The van der Waals surface area contributed by atoms with Crippen LogP contribution in [0.5, 0.6) is 0 Å². The fourth-order valence-corrected chi connectivity index (χ4v) is 3.60. The van der Waals surface area contributed by atoms with E-state index in [4.69, 9.17) is 4.52 Å². The number of alkyl halides is 3. The molecule has 0 N–H and O–H groups in total. The lowest BCUT2D eigenvalue weighted by Gasteiger charge is -2.32. The first kappa shape index (κ1) is 18.4. The summed E-state index contributed by atoms with van der Waals surface area (Å²) in [6.07, 6.45) is -0.382. The molecule has 6 nitrogen and oxygen atoms in total. The third-order valence-electron chi connectivity index (χ3n) is 5.05. The van der Waals surface area contributed by atoms with E-state index < -0.39 is 11.7 Å². The molecule has 1 aliphatic rings. The molecule has 0 unspecified atom stereocenters. The Morgan fingerprint density at radius 3 is 2.68 bits per heavy atom. The Hall–Kier alpha value is -2.97. The Morgan fingerprint density at radius 2 is 2.04 bits per heavy atom. The summed E-state index contributed by atoms with van der Waals surface area (Å²) in [6.45, 7) is 2.34. The number of hydrogen-bond acceptors (Lipinski definition) is 5. The molecule has 146 valence electrons. The molecule has 1 amide bonds. The van der Waals surface area contributed by atoms with E-state index in [0.717, 1.165) is 6.07 Å². The molecule has 0 bridgehead atoms. The number of rotatable bonds is 2. The molecule has 3 aromatic rings. The number of pyridine rings is 2. The number of nitrogens with zero attached hydrogens (tertiary/aromatic N) is 4. The normalized spacial score (nSPS) is 15.9. The van der Waals surface area contributed by atoms with Crippen molar-refractivity contribution in [3.8, 4) is 0 Å². The molecule has 1 aliphatic heterocycles. The van der Waals surface area contributed by atoms with Crippen molar-refractivity contribution in [3.63, 3.8) is 0 Å². The Morgan fingerprint density at radius 1 is 1.29 bits per heavy atom. The van der Waals surface area contributed by atoms with Crippen molar-refractivity contribution in [1.29, 1.82) is 0 Å². The monoisotopic (exact) mass is 390 g/mol. The van der Waals surface area contributed by atoms with Gasteiger partial charge >= 0.3 is 6.18 Å². The number of carbonyl (C=O) groups excluding carboxylic acids is 1. The zero-order chi connectivity index (χ0) is 19.9. The van der Waals surface area contributed by atoms with Gasteiger partial charge in [-0.3, -0.25) is 9.78 Å². The van der Waals surface area contributed by atoms with Crippen LogP contribution in [-0.4, -0.2) is 39.0 Å². The third kappa shape index (κ3) is 3.32. The lowest BCUT2D eigenvalue weighted by Crippen LogP contribution is -2.38. The van der Waals surface area contributed by atoms with Gasteiger partial charge in [-0.25, -0.2) is 4.98 Å². The van der Waals surface area contributed by atoms with Gasteiger partial charge in [0.1, 0.15) is 0 Å². The van der Waals surface area contributed by atoms with E-state index in [1.807, 2.05) is 0 Å². The highest BCUT2D eigenvalue weighted by atomic mass is 19.4. The highest BCUT2D eigenvalue weighted by Crippen LogP contribution is 2.38. The van der Waals surface area contributed by atoms with Crippen molar-refractivity contribution in [1.82, 2.24) is 20.0 Å². The Kier molecular flexibility index (Phi) is 4.52. The highest BCUT2D eigenvalue weighted by Gasteiger charge is 2.37. The first-order valence-electron chi connectivity index (χ1n) is 8.88. The summed E-state index contributed by atoms with van der Waals surface area (Å²) >= 11 is 0. The standard InChI is InChI=1S/C19H17F3N4O2/c1-11-16-14(19(20,21)22)9-15(24-17(16)28-25-11)12-4-7-26(8-5-12)18(27)13-3-2-6-23-10-13/h2-3,6,9-10,12H,4-5,7-8H2,1H3. The predicted molar refractivity (Wildman–Crippen MR) is 93.7 cm³/mol. The summed E-state index contributed by atoms with van der Waals surface area (Å²) in [7, 11) is 0. The molecule has 0 aromatic carbocycles. The number of hydrogen-bond donors (Lipinski definition) is 0. The number of piperidine rings is 1. The van der Waals surface area contributed by atoms with E-state index in [2.05, 4.69) is 15.1 Å². The molecular weight excluding hydrogens is 373 g/mol. The van der Waals surface area contributed by atoms with Gasteiger partial charge in [0.15, 0.2) is 0 Å². The van der Waals surface area contributed by atoms with Crippen molar-refractivity contribution in [2.75, 3.05) is 13.1 Å². The van der Waals surface area contributed by atoms with Gasteiger partial charge in [-0.15, -0.1) is 0 Å². The van der Waals surface area contributed by atoms with E-state index >= 15 is 0 Å². The van der Waals surface area contributed by atoms with Crippen molar-refractivity contribution in [2.45, 2.75) is 31.9 Å². The minimum Gasteiger partial charge on any atom is -0.339 e. The van der Waals surface area contributed by atoms with Gasteiger partial charge in [-0.1, -0.05) is 5.16 Å². The van der Waals surface area contributed by atoms with Gasteiger partial charge in [-0.05, 0) is 38.0 Å². The van der Waals surface area contributed by atoms with Crippen LogP contribution in [0.15, 0.2) is 35.1 Å². The molecule has 3 aromatic heterocycles. The molecule has 28 heavy (non-hydrogen) atoms. The molecule has 0 spiro atoms. The van der Waals surface area contributed by atoms with Gasteiger partial charge in [0, 0.05) is 37.1 Å². The van der Waals surface area contributed by atoms with E-state index in [1.165, 1.54) is 13.1 Å². The number of aryl methyl sites for hydroxylation is 1. The maximum atomic E-state index is 13.5. The number of likely N-dealkylation sites (tertiary alicyclic amines) is 1. The molecule has 9 heteroatoms. The maximum absolute atomic E-state index is 13.5. The Labute approximate surface area is 158 Å². The van der Waals surface area contributed by atoms with Crippen LogP contribution in [0.25, 0.3) is 11.1 Å². The van der Waals surface area contributed by atoms with Gasteiger partial charge in [0.2, 0.25) is 0 Å². The smallest absolute Gasteiger partial charge is 0.339 e. The summed E-state index contributed by atoms with van der Waals surface area (Å²) < 4.78 is 45.6. The Balaban J connectivity index is 1.57. The molecule has 4 rings (SSSR count). The first-order chi connectivity index (χ1) is 13.3. The molecular formula is C19H17F3N4O2. The van der Waals surface area contributed by atoms with Crippen molar-refractivity contribution in [2.24, 2.45) is 0 Å². The first-order valence-corrected chi connectivity index (χ1v) is 8.88. The number of amides is 1. The number of fused-ring (bicyclic) bond motifs is 1. The average Bonchev–Trinajstić information content (AvgIpc) is 3.07. The summed E-state index contributed by atoms with van der Waals surface area (Å²) in [5.41, 5.74) is 0.107. The Bertz CT molecular complexity index is 1010. The molecule has 0 radical (unpaired) electrons. The molecule has 1 saturated heterocycles. The second kappa shape index (κ2) is 6.88. The van der Waals surface area contributed by atoms with Crippen LogP contribution in [0.1, 0.15) is 46.1 Å². The number of carbonyl (C=O) groups is 1. The highest BCUT2D eigenvalue weighted by molar-refractivity contribution is 5.93. The van der Waals surface area contributed by atoms with Crippen LogP contribution in [0.4, 0.5) is 13.2 Å². The number of halogens is 3. The summed E-state index contributed by atoms with van der Waals surface area (Å²) in [6, 6.07) is 4.48. The SMILES string of the molecule is Cc1noc2nc(C3CCN(C(=O)c4cccnc4)CC3)cc(C(F)(F)F)c12. The van der Waals surface area contributed by atoms with Crippen LogP contribution in [0.3, 0.4) is 0 Å². The second-order valence-corrected chi connectivity index (χ2v) is 6.85. The molecule has 4 heterocycles. The van der Waals surface area contributed by atoms with Crippen LogP contribution in [0, 0.1) is 6.92 Å². The molecule has 0 atom stereocenters. The van der Waals surface area contributed by atoms with Crippen LogP contribution in [0.2, 0.25) is 0 Å². The summed E-state index contributed by atoms with van der Waals surface area (Å²) in [4.78, 5) is 22.4. The van der Waals surface area contributed by atoms with Crippen molar-refractivity contribution in [3.05, 3.63) is 53.1 Å². The van der Waals surface area contributed by atoms with E-state index in [9.17, 15) is 18.0 Å². The lowest BCUT2D eigenvalue weighted by molar-refractivity contribution is -0.136. The van der Waals surface area contributed by atoms with Crippen LogP contribution in [-0.2, 0) is 6.18 Å². The quantitative estimate of drug-likeness (QED) is 0.662. The van der Waals surface area contributed by atoms with Gasteiger partial charge in [0.05, 0.1) is 22.2 Å². The van der Waals surface area contributed by atoms with E-state index in [-0.39, 0.29) is 28.6 Å². The van der Waals surface area contributed by atoms with Gasteiger partial charge in [-0.2, -0.15) is 13.2 Å². The van der Waals surface area contributed by atoms with Crippen LogP contribution < -0.4 is 0 Å². The summed E-state index contributed by atoms with van der Waals surface area (Å²) in [5, 5.41) is 3.53. The zero-order valence-corrected chi connectivity index (χ0v) is 15.0. The van der Waals surface area contributed by atoms with E-state index in [0.29, 0.717) is 37.2 Å². The average molecular weight is 390 g/mol. The number of aromatic nitrogens is 3. The fourth-order valence-electron chi connectivity index (χ4n) is 3.60. The molecule has 0 saturated carbocycles. The minimum absolute atomic E-state index is 0.0968. The van der Waals surface area contributed by atoms with Crippen LogP contribution >= 0.6 is 0 Å². The molecule has 1 fully saturated rings.